The predicted molar refractivity (Wildman–Crippen MR) is 187 cm³/mol. The van der Waals surface area contributed by atoms with Crippen LogP contribution in [0.25, 0.3) is 0 Å². The normalized spacial score (nSPS) is 26.9. The average molecular weight is 700 g/mol. The van der Waals surface area contributed by atoms with Crippen molar-refractivity contribution in [3.8, 4) is 0 Å². The molecule has 3 saturated carbocycles. The largest absolute Gasteiger partial charge is 0.393 e. The summed E-state index contributed by atoms with van der Waals surface area (Å²) in [6.45, 7) is 7.78. The second-order valence-corrected chi connectivity index (χ2v) is 16.8. The Balaban J connectivity index is 1.76. The summed E-state index contributed by atoms with van der Waals surface area (Å²) in [7, 11) is -4.00. The van der Waals surface area contributed by atoms with E-state index in [9.17, 15) is 33.0 Å². The molecule has 0 spiro atoms. The molecule has 3 rings (SSSR count). The lowest BCUT2D eigenvalue weighted by atomic mass is 9.79. The lowest BCUT2D eigenvalue weighted by molar-refractivity contribution is -0.138. The van der Waals surface area contributed by atoms with Gasteiger partial charge in [-0.15, -0.1) is 0 Å². The Morgan fingerprint density at radius 3 is 2.02 bits per heavy atom. The average Bonchev–Trinajstić information content (AvgIpc) is 3.04. The number of rotatable bonds is 18. The zero-order valence-electron chi connectivity index (χ0n) is 29.8. The van der Waals surface area contributed by atoms with Crippen molar-refractivity contribution in [2.45, 2.75) is 153 Å². The fraction of sp³-hybridized carbons (Fsp3) is 0.914. The van der Waals surface area contributed by atoms with E-state index in [4.69, 9.17) is 5.14 Å². The van der Waals surface area contributed by atoms with Crippen LogP contribution in [-0.4, -0.2) is 95.9 Å². The second-order valence-electron chi connectivity index (χ2n) is 14.9. The van der Waals surface area contributed by atoms with Gasteiger partial charge in [-0.05, 0) is 95.3 Å². The van der Waals surface area contributed by atoms with Gasteiger partial charge in [-0.1, -0.05) is 40.0 Å². The van der Waals surface area contributed by atoms with E-state index in [1.54, 1.807) is 9.91 Å². The van der Waals surface area contributed by atoms with Gasteiger partial charge < -0.3 is 20.4 Å². The van der Waals surface area contributed by atoms with Crippen molar-refractivity contribution in [3.63, 3.8) is 0 Å². The number of hydrogen-bond donors (Lipinski definition) is 5. The molecule has 0 saturated heterocycles. The van der Waals surface area contributed by atoms with Crippen molar-refractivity contribution in [2.24, 2.45) is 28.8 Å². The molecule has 12 nitrogen and oxygen atoms in total. The third-order valence-electron chi connectivity index (χ3n) is 10.7. The van der Waals surface area contributed by atoms with Gasteiger partial charge in [0.25, 0.3) is 0 Å². The Bertz CT molecular complexity index is 1100. The van der Waals surface area contributed by atoms with E-state index in [2.05, 4.69) is 10.7 Å². The number of aliphatic hydroxyl groups is 2. The highest BCUT2D eigenvalue weighted by Gasteiger charge is 2.42. The first kappa shape index (κ1) is 40.6. The maximum Gasteiger partial charge on any atom is 0.234 e. The first-order chi connectivity index (χ1) is 22.8. The molecule has 48 heavy (non-hydrogen) atoms. The molecule has 0 aromatic heterocycles. The molecule has 3 aliphatic carbocycles. The summed E-state index contributed by atoms with van der Waals surface area (Å²) in [5.41, 5.74) is 3.01. The van der Waals surface area contributed by atoms with Crippen LogP contribution in [0.1, 0.15) is 130 Å². The van der Waals surface area contributed by atoms with Crippen LogP contribution >= 0.6 is 0 Å². The quantitative estimate of drug-likeness (QED) is 0.135. The molecule has 0 aromatic rings. The van der Waals surface area contributed by atoms with E-state index in [0.717, 1.165) is 57.8 Å². The summed E-state index contributed by atoms with van der Waals surface area (Å²) < 4.78 is 25.2. The number of primary sulfonamides is 1. The maximum absolute atomic E-state index is 14.0. The molecule has 6 N–H and O–H groups in total. The van der Waals surface area contributed by atoms with E-state index in [1.165, 1.54) is 6.42 Å². The molecule has 0 heterocycles. The second kappa shape index (κ2) is 20.1. The maximum atomic E-state index is 14.0. The van der Waals surface area contributed by atoms with Crippen molar-refractivity contribution < 1.29 is 33.0 Å². The van der Waals surface area contributed by atoms with Crippen LogP contribution in [0.3, 0.4) is 0 Å². The van der Waals surface area contributed by atoms with E-state index in [1.807, 2.05) is 20.8 Å². The van der Waals surface area contributed by atoms with Crippen LogP contribution in [0.5, 0.6) is 0 Å². The number of aliphatic hydroxyl groups excluding tert-OH is 2. The van der Waals surface area contributed by atoms with Crippen molar-refractivity contribution in [1.82, 2.24) is 20.7 Å². The van der Waals surface area contributed by atoms with Gasteiger partial charge in [-0.2, -0.15) is 0 Å². The molecular weight excluding hydrogens is 634 g/mol. The van der Waals surface area contributed by atoms with E-state index < -0.39 is 39.3 Å². The third kappa shape index (κ3) is 13.2. The van der Waals surface area contributed by atoms with Crippen molar-refractivity contribution >= 4 is 27.7 Å². The monoisotopic (exact) mass is 699 g/mol. The highest BCUT2D eigenvalue weighted by atomic mass is 32.2. The van der Waals surface area contributed by atoms with E-state index >= 15 is 0 Å². The van der Waals surface area contributed by atoms with Gasteiger partial charge in [0.05, 0.1) is 23.5 Å². The van der Waals surface area contributed by atoms with Gasteiger partial charge in [0, 0.05) is 44.4 Å². The minimum Gasteiger partial charge on any atom is -0.393 e. The SMILES string of the molecule is CCCN(CC(O)C(CC1CCC(O)CC1)NC(=O)C1CC(C(=O)N(CCC)CCC)CC(S(N)(=O)=O)C1)NC(=O)CC1CCCCC1. The van der Waals surface area contributed by atoms with Crippen molar-refractivity contribution in [1.29, 1.82) is 0 Å². The van der Waals surface area contributed by atoms with Crippen molar-refractivity contribution in [3.05, 3.63) is 0 Å². The fourth-order valence-electron chi connectivity index (χ4n) is 8.12. The molecule has 13 heteroatoms. The molecule has 278 valence electrons. The number of nitrogens with one attached hydrogen (secondary N) is 2. The van der Waals surface area contributed by atoms with Gasteiger partial charge in [-0.3, -0.25) is 19.8 Å². The molecule has 3 amide bonds. The lowest BCUT2D eigenvalue weighted by Crippen LogP contribution is -2.55. The molecule has 5 atom stereocenters. The Morgan fingerprint density at radius 2 is 1.44 bits per heavy atom. The summed E-state index contributed by atoms with van der Waals surface area (Å²) in [5.74, 6) is -1.42. The number of amides is 3. The zero-order valence-corrected chi connectivity index (χ0v) is 30.6. The highest BCUT2D eigenvalue weighted by Crippen LogP contribution is 2.35. The smallest absolute Gasteiger partial charge is 0.234 e. The van der Waals surface area contributed by atoms with Gasteiger partial charge in [0.2, 0.25) is 27.7 Å². The third-order valence-corrected chi connectivity index (χ3v) is 12.0. The topological polar surface area (TPSA) is 182 Å². The Labute approximate surface area is 289 Å². The standard InChI is InChI=1S/C35H65N5O7S/c1-4-16-39(17-5-2)35(45)28-21-27(22-30(23-28)48(36,46)47)34(44)37-31(19-26-12-14-29(41)15-13-26)32(42)24-40(18-6-3)38-33(43)20-25-10-8-7-9-11-25/h25-32,41-42H,4-24H2,1-3H3,(H,37,44)(H,38,43)(H2,36,46,47). The molecule has 5 unspecified atom stereocenters. The van der Waals surface area contributed by atoms with Gasteiger partial charge in [0.1, 0.15) is 0 Å². The number of sulfonamides is 1. The number of carbonyl (C=O) groups excluding carboxylic acids is 3. The van der Waals surface area contributed by atoms with Crippen LogP contribution in [0.15, 0.2) is 0 Å². The molecule has 0 aliphatic heterocycles. The minimum atomic E-state index is -4.00. The van der Waals surface area contributed by atoms with E-state index in [0.29, 0.717) is 51.2 Å². The van der Waals surface area contributed by atoms with Gasteiger partial charge >= 0.3 is 0 Å². The fourth-order valence-corrected chi connectivity index (χ4v) is 9.13. The van der Waals surface area contributed by atoms with Crippen molar-refractivity contribution in [2.75, 3.05) is 26.2 Å². The van der Waals surface area contributed by atoms with Crippen LogP contribution in [-0.2, 0) is 24.4 Å². The summed E-state index contributed by atoms with van der Waals surface area (Å²) in [6, 6.07) is -0.659. The summed E-state index contributed by atoms with van der Waals surface area (Å²) >= 11 is 0. The molecule has 3 aliphatic rings. The predicted octanol–water partition coefficient (Wildman–Crippen LogP) is 3.21. The Hall–Kier alpha value is -1.80. The number of hydrogen-bond acceptors (Lipinski definition) is 8. The molecular formula is C35H65N5O7S. The number of nitrogens with zero attached hydrogens (tertiary/aromatic N) is 2. The number of hydrazine groups is 1. The first-order valence-corrected chi connectivity index (χ1v) is 20.5. The van der Waals surface area contributed by atoms with Crippen LogP contribution in [0.4, 0.5) is 0 Å². The minimum absolute atomic E-state index is 0.0215. The summed E-state index contributed by atoms with van der Waals surface area (Å²) in [4.78, 5) is 42.3. The lowest BCUT2D eigenvalue weighted by Gasteiger charge is -2.37. The van der Waals surface area contributed by atoms with Gasteiger partial charge in [-0.25, -0.2) is 18.6 Å². The first-order valence-electron chi connectivity index (χ1n) is 18.9. The molecule has 3 fully saturated rings. The molecule has 0 radical (unpaired) electrons. The van der Waals surface area contributed by atoms with Gasteiger partial charge in [0.15, 0.2) is 0 Å². The Kier molecular flexibility index (Phi) is 17.1. The molecule has 0 aromatic carbocycles. The van der Waals surface area contributed by atoms with E-state index in [-0.39, 0.29) is 55.6 Å². The highest BCUT2D eigenvalue weighted by molar-refractivity contribution is 7.89. The van der Waals surface area contributed by atoms with Crippen LogP contribution < -0.4 is 15.9 Å². The zero-order chi connectivity index (χ0) is 35.3. The van der Waals surface area contributed by atoms with Crippen LogP contribution in [0.2, 0.25) is 0 Å². The summed E-state index contributed by atoms with van der Waals surface area (Å²) in [6.07, 6.45) is 10.7. The summed E-state index contributed by atoms with van der Waals surface area (Å²) in [5, 5.41) is 31.1. The van der Waals surface area contributed by atoms with Crippen LogP contribution in [0, 0.1) is 23.7 Å². The molecule has 0 bridgehead atoms. The Morgan fingerprint density at radius 1 is 0.833 bits per heavy atom. The number of carbonyl (C=O) groups is 3. The number of nitrogens with two attached hydrogens (primary N) is 1.